The van der Waals surface area contributed by atoms with Gasteiger partial charge in [0.15, 0.2) is 5.78 Å². The lowest BCUT2D eigenvalue weighted by molar-refractivity contribution is -0.277. The fourth-order valence-electron chi connectivity index (χ4n) is 3.55. The maximum Gasteiger partial charge on any atom is 0.229 e. The van der Waals surface area contributed by atoms with Crippen molar-refractivity contribution in [3.8, 4) is 17.2 Å². The molecule has 2 aromatic rings. The molecule has 1 saturated heterocycles. The van der Waals surface area contributed by atoms with E-state index in [1.165, 1.54) is 30.3 Å². The molecule has 6 atom stereocenters. The Morgan fingerprint density at radius 1 is 1.00 bits per heavy atom. The van der Waals surface area contributed by atoms with E-state index < -0.39 is 43.4 Å². The molecule has 0 saturated carbocycles. The van der Waals surface area contributed by atoms with E-state index in [4.69, 9.17) is 14.2 Å². The van der Waals surface area contributed by atoms with Crippen LogP contribution in [0.5, 0.6) is 17.2 Å². The highest BCUT2D eigenvalue weighted by atomic mass is 16.7. The van der Waals surface area contributed by atoms with Crippen molar-refractivity contribution in [2.24, 2.45) is 0 Å². The van der Waals surface area contributed by atoms with Crippen LogP contribution >= 0.6 is 0 Å². The van der Waals surface area contributed by atoms with E-state index in [2.05, 4.69) is 0 Å². The SMILES string of the molecule is O=C1CC(c2ccc(O)cc2)Oc2cc(OC3OC(CO)C(O)C(O)C3O)ccc21. The lowest BCUT2D eigenvalue weighted by Crippen LogP contribution is -2.60. The summed E-state index contributed by atoms with van der Waals surface area (Å²) in [5.41, 5.74) is 1.11. The third-order valence-electron chi connectivity index (χ3n) is 5.26. The Morgan fingerprint density at radius 2 is 1.73 bits per heavy atom. The molecule has 4 rings (SSSR count). The summed E-state index contributed by atoms with van der Waals surface area (Å²) in [6.45, 7) is -0.569. The van der Waals surface area contributed by atoms with E-state index in [0.29, 0.717) is 5.56 Å². The van der Waals surface area contributed by atoms with Gasteiger partial charge in [0.2, 0.25) is 6.29 Å². The Balaban J connectivity index is 1.54. The Kier molecular flexibility index (Phi) is 5.63. The number of hydrogen-bond acceptors (Lipinski definition) is 9. The highest BCUT2D eigenvalue weighted by molar-refractivity contribution is 6.00. The molecule has 2 aromatic carbocycles. The van der Waals surface area contributed by atoms with Crippen LogP contribution in [0.4, 0.5) is 0 Å². The Hall–Kier alpha value is -2.69. The predicted molar refractivity (Wildman–Crippen MR) is 101 cm³/mol. The van der Waals surface area contributed by atoms with Gasteiger partial charge in [0.25, 0.3) is 0 Å². The number of Topliss-reactive ketones (excluding diaryl/α,β-unsaturated/α-hetero) is 1. The molecule has 160 valence electrons. The van der Waals surface area contributed by atoms with E-state index in [9.17, 15) is 30.3 Å². The minimum absolute atomic E-state index is 0.108. The summed E-state index contributed by atoms with van der Waals surface area (Å²) in [6, 6.07) is 10.9. The number of benzene rings is 2. The largest absolute Gasteiger partial charge is 0.508 e. The molecule has 0 bridgehead atoms. The van der Waals surface area contributed by atoms with Crippen molar-refractivity contribution < 1.29 is 44.5 Å². The third-order valence-corrected chi connectivity index (χ3v) is 5.26. The first-order chi connectivity index (χ1) is 14.4. The molecule has 0 aromatic heterocycles. The van der Waals surface area contributed by atoms with Crippen molar-refractivity contribution >= 4 is 5.78 Å². The van der Waals surface area contributed by atoms with Gasteiger partial charge in [0.05, 0.1) is 18.6 Å². The molecular formula is C21H22O9. The Bertz CT molecular complexity index is 911. The number of aromatic hydroxyl groups is 1. The number of aliphatic hydroxyl groups excluding tert-OH is 4. The summed E-state index contributed by atoms with van der Waals surface area (Å²) >= 11 is 0. The van der Waals surface area contributed by atoms with E-state index in [1.807, 2.05) is 0 Å². The van der Waals surface area contributed by atoms with Gasteiger partial charge in [-0.25, -0.2) is 0 Å². The van der Waals surface area contributed by atoms with Crippen LogP contribution in [-0.2, 0) is 4.74 Å². The third kappa shape index (κ3) is 3.85. The number of phenols is 1. The van der Waals surface area contributed by atoms with Crippen molar-refractivity contribution in [3.63, 3.8) is 0 Å². The second-order valence-electron chi connectivity index (χ2n) is 7.30. The van der Waals surface area contributed by atoms with Gasteiger partial charge in [-0.2, -0.15) is 0 Å². The molecule has 1 fully saturated rings. The molecule has 0 amide bonds. The zero-order valence-corrected chi connectivity index (χ0v) is 15.8. The smallest absolute Gasteiger partial charge is 0.229 e. The summed E-state index contributed by atoms with van der Waals surface area (Å²) < 4.78 is 16.9. The normalized spacial score (nSPS) is 31.0. The molecule has 0 radical (unpaired) electrons. The fourth-order valence-corrected chi connectivity index (χ4v) is 3.55. The molecule has 0 aliphatic carbocycles. The first-order valence-corrected chi connectivity index (χ1v) is 9.47. The standard InChI is InChI=1S/C21H22O9/c22-9-17-18(25)19(26)20(27)21(30-17)28-12-5-6-13-14(24)8-15(29-16(13)7-12)10-1-3-11(23)4-2-10/h1-7,15,17-23,25-27H,8-9H2. The number of aliphatic hydroxyl groups is 4. The molecule has 9 heteroatoms. The number of ether oxygens (including phenoxy) is 3. The lowest BCUT2D eigenvalue weighted by Gasteiger charge is -2.39. The summed E-state index contributed by atoms with van der Waals surface area (Å²) in [6.07, 6.45) is -7.42. The van der Waals surface area contributed by atoms with Gasteiger partial charge in [-0.1, -0.05) is 12.1 Å². The van der Waals surface area contributed by atoms with Gasteiger partial charge >= 0.3 is 0 Å². The van der Waals surface area contributed by atoms with Crippen LogP contribution in [0, 0.1) is 0 Å². The lowest BCUT2D eigenvalue weighted by atomic mass is 9.96. The summed E-state index contributed by atoms with van der Waals surface area (Å²) in [5.74, 6) is 0.480. The van der Waals surface area contributed by atoms with Crippen molar-refractivity contribution in [1.82, 2.24) is 0 Å². The van der Waals surface area contributed by atoms with Crippen LogP contribution in [-0.4, -0.2) is 68.6 Å². The number of fused-ring (bicyclic) bond motifs is 1. The minimum atomic E-state index is -1.56. The highest BCUT2D eigenvalue weighted by Crippen LogP contribution is 2.38. The zero-order chi connectivity index (χ0) is 21.4. The number of carbonyl (C=O) groups is 1. The van der Waals surface area contributed by atoms with Gasteiger partial charge < -0.3 is 39.7 Å². The van der Waals surface area contributed by atoms with Crippen molar-refractivity contribution in [2.75, 3.05) is 6.61 Å². The molecule has 5 N–H and O–H groups in total. The first-order valence-electron chi connectivity index (χ1n) is 9.47. The Morgan fingerprint density at radius 3 is 2.43 bits per heavy atom. The van der Waals surface area contributed by atoms with E-state index in [1.54, 1.807) is 12.1 Å². The molecule has 2 heterocycles. The van der Waals surface area contributed by atoms with Crippen molar-refractivity contribution in [2.45, 2.75) is 43.2 Å². The van der Waals surface area contributed by atoms with Crippen molar-refractivity contribution in [3.05, 3.63) is 53.6 Å². The highest BCUT2D eigenvalue weighted by Gasteiger charge is 2.44. The van der Waals surface area contributed by atoms with Crippen LogP contribution in [0.25, 0.3) is 0 Å². The first kappa shape index (κ1) is 20.6. The maximum absolute atomic E-state index is 12.5. The summed E-state index contributed by atoms with van der Waals surface area (Å²) in [7, 11) is 0. The summed E-state index contributed by atoms with van der Waals surface area (Å²) in [5, 5.41) is 48.6. The summed E-state index contributed by atoms with van der Waals surface area (Å²) in [4.78, 5) is 12.5. The molecule has 2 aliphatic rings. The molecule has 2 aliphatic heterocycles. The molecule has 6 unspecified atom stereocenters. The topological polar surface area (TPSA) is 146 Å². The van der Waals surface area contributed by atoms with Gasteiger partial charge in [-0.3, -0.25) is 4.79 Å². The quantitative estimate of drug-likeness (QED) is 0.472. The average Bonchev–Trinajstić information content (AvgIpc) is 2.74. The molecule has 30 heavy (non-hydrogen) atoms. The second kappa shape index (κ2) is 8.21. The van der Waals surface area contributed by atoms with Gasteiger partial charge in [0, 0.05) is 6.07 Å². The van der Waals surface area contributed by atoms with Gasteiger partial charge in [-0.15, -0.1) is 0 Å². The molecule has 0 spiro atoms. The van der Waals surface area contributed by atoms with Crippen LogP contribution in [0.2, 0.25) is 0 Å². The van der Waals surface area contributed by atoms with E-state index >= 15 is 0 Å². The zero-order valence-electron chi connectivity index (χ0n) is 15.8. The predicted octanol–water partition coefficient (Wildman–Crippen LogP) is 0.277. The number of rotatable bonds is 4. The van der Waals surface area contributed by atoms with Crippen LogP contribution in [0.15, 0.2) is 42.5 Å². The maximum atomic E-state index is 12.5. The van der Waals surface area contributed by atoms with Crippen LogP contribution in [0.1, 0.15) is 28.4 Å². The average molecular weight is 418 g/mol. The number of hydrogen-bond donors (Lipinski definition) is 5. The monoisotopic (exact) mass is 418 g/mol. The second-order valence-corrected chi connectivity index (χ2v) is 7.30. The minimum Gasteiger partial charge on any atom is -0.508 e. The van der Waals surface area contributed by atoms with Crippen molar-refractivity contribution in [1.29, 1.82) is 0 Å². The molecular weight excluding hydrogens is 396 g/mol. The number of carbonyl (C=O) groups excluding carboxylic acids is 1. The molecule has 9 nitrogen and oxygen atoms in total. The Labute approximate surface area is 171 Å². The number of ketones is 1. The number of phenolic OH excluding ortho intramolecular Hbond substituents is 1. The fraction of sp³-hybridized carbons (Fsp3) is 0.381. The van der Waals surface area contributed by atoms with Gasteiger partial charge in [-0.05, 0) is 29.8 Å². The van der Waals surface area contributed by atoms with E-state index in [0.717, 1.165) is 5.56 Å². The van der Waals surface area contributed by atoms with Crippen LogP contribution in [0.3, 0.4) is 0 Å². The van der Waals surface area contributed by atoms with E-state index in [-0.39, 0.29) is 29.5 Å². The van der Waals surface area contributed by atoms with Gasteiger partial charge in [0.1, 0.15) is 47.8 Å². The van der Waals surface area contributed by atoms with Crippen LogP contribution < -0.4 is 9.47 Å².